The molecule has 1 N–H and O–H groups in total. The van der Waals surface area contributed by atoms with E-state index in [2.05, 4.69) is 15.5 Å². The molecule has 0 radical (unpaired) electrons. The quantitative estimate of drug-likeness (QED) is 0.511. The van der Waals surface area contributed by atoms with Crippen molar-refractivity contribution in [1.29, 1.82) is 0 Å². The van der Waals surface area contributed by atoms with E-state index in [0.717, 1.165) is 30.0 Å². The number of nitro groups is 1. The Kier molecular flexibility index (Phi) is 4.71. The Balaban J connectivity index is 2.01. The summed E-state index contributed by atoms with van der Waals surface area (Å²) < 4.78 is 15.3. The zero-order chi connectivity index (χ0) is 16.3. The summed E-state index contributed by atoms with van der Waals surface area (Å²) in [4.78, 5) is 21.8. The SMILES string of the molecule is Cc1nnc(SCC(=O)Nc2cc([N+](=O)[O-])ccc2F)n1C. The average molecular weight is 325 g/mol. The van der Waals surface area contributed by atoms with Crippen LogP contribution in [0.15, 0.2) is 23.4 Å². The predicted octanol–water partition coefficient (Wildman–Crippen LogP) is 1.90. The Morgan fingerprint density at radius 1 is 1.50 bits per heavy atom. The second-order valence-corrected chi connectivity index (χ2v) is 5.29. The number of nitrogens with one attached hydrogen (secondary N) is 1. The van der Waals surface area contributed by atoms with Gasteiger partial charge in [0, 0.05) is 19.2 Å². The molecule has 1 aromatic heterocycles. The van der Waals surface area contributed by atoms with E-state index in [1.807, 2.05) is 0 Å². The summed E-state index contributed by atoms with van der Waals surface area (Å²) in [5, 5.41) is 21.2. The molecule has 0 atom stereocenters. The van der Waals surface area contributed by atoms with Crippen LogP contribution in [0.2, 0.25) is 0 Å². The Morgan fingerprint density at radius 3 is 2.82 bits per heavy atom. The molecule has 0 saturated carbocycles. The van der Waals surface area contributed by atoms with Gasteiger partial charge in [-0.2, -0.15) is 0 Å². The fourth-order valence-corrected chi connectivity index (χ4v) is 2.31. The summed E-state index contributed by atoms with van der Waals surface area (Å²) in [7, 11) is 1.76. The molecule has 0 aliphatic rings. The Morgan fingerprint density at radius 2 is 2.23 bits per heavy atom. The van der Waals surface area contributed by atoms with Crippen molar-refractivity contribution in [2.45, 2.75) is 12.1 Å². The highest BCUT2D eigenvalue weighted by atomic mass is 32.2. The van der Waals surface area contributed by atoms with Crippen molar-refractivity contribution in [2.75, 3.05) is 11.1 Å². The van der Waals surface area contributed by atoms with Crippen LogP contribution in [0.3, 0.4) is 0 Å². The largest absolute Gasteiger partial charge is 0.323 e. The summed E-state index contributed by atoms with van der Waals surface area (Å²) in [6, 6.07) is 2.94. The van der Waals surface area contributed by atoms with E-state index in [-0.39, 0.29) is 17.1 Å². The minimum absolute atomic E-state index is 0.0197. The number of rotatable bonds is 5. The zero-order valence-corrected chi connectivity index (χ0v) is 12.6. The maximum Gasteiger partial charge on any atom is 0.271 e. The second-order valence-electron chi connectivity index (χ2n) is 4.35. The molecule has 0 bridgehead atoms. The number of hydrogen-bond donors (Lipinski definition) is 1. The number of halogens is 1. The molecular weight excluding hydrogens is 313 g/mol. The molecule has 0 aliphatic heterocycles. The van der Waals surface area contributed by atoms with Gasteiger partial charge in [0.15, 0.2) is 5.16 Å². The van der Waals surface area contributed by atoms with Gasteiger partial charge in [0.2, 0.25) is 5.91 Å². The molecule has 1 heterocycles. The number of nitro benzene ring substituents is 1. The number of thioether (sulfide) groups is 1. The van der Waals surface area contributed by atoms with Gasteiger partial charge < -0.3 is 9.88 Å². The lowest BCUT2D eigenvalue weighted by Crippen LogP contribution is -2.15. The van der Waals surface area contributed by atoms with E-state index < -0.39 is 16.6 Å². The van der Waals surface area contributed by atoms with E-state index >= 15 is 0 Å². The van der Waals surface area contributed by atoms with Gasteiger partial charge in [-0.15, -0.1) is 10.2 Å². The van der Waals surface area contributed by atoms with Crippen LogP contribution in [-0.2, 0) is 11.8 Å². The molecule has 8 nitrogen and oxygen atoms in total. The molecule has 0 fully saturated rings. The van der Waals surface area contributed by atoms with Gasteiger partial charge in [-0.3, -0.25) is 14.9 Å². The summed E-state index contributed by atoms with van der Waals surface area (Å²) in [6.07, 6.45) is 0. The minimum atomic E-state index is -0.738. The number of anilines is 1. The van der Waals surface area contributed by atoms with Crippen molar-refractivity contribution in [3.63, 3.8) is 0 Å². The maximum absolute atomic E-state index is 13.6. The third-order valence-electron chi connectivity index (χ3n) is 2.82. The molecule has 2 aromatic rings. The molecule has 0 saturated heterocycles. The maximum atomic E-state index is 13.6. The number of benzene rings is 1. The van der Waals surface area contributed by atoms with Gasteiger partial charge in [0.25, 0.3) is 5.69 Å². The van der Waals surface area contributed by atoms with Crippen molar-refractivity contribution >= 4 is 29.0 Å². The van der Waals surface area contributed by atoms with Crippen LogP contribution in [0.1, 0.15) is 5.82 Å². The first kappa shape index (κ1) is 15.9. The van der Waals surface area contributed by atoms with Gasteiger partial charge in [-0.1, -0.05) is 11.8 Å². The van der Waals surface area contributed by atoms with E-state index in [4.69, 9.17) is 0 Å². The second kappa shape index (κ2) is 6.52. The highest BCUT2D eigenvalue weighted by Gasteiger charge is 2.14. The fourth-order valence-electron chi connectivity index (χ4n) is 1.55. The summed E-state index contributed by atoms with van der Waals surface area (Å²) in [6.45, 7) is 1.77. The van der Waals surface area contributed by atoms with Gasteiger partial charge >= 0.3 is 0 Å². The molecule has 2 rings (SSSR count). The van der Waals surface area contributed by atoms with Crippen LogP contribution in [0, 0.1) is 22.9 Å². The first-order chi connectivity index (χ1) is 10.4. The van der Waals surface area contributed by atoms with E-state index in [1.54, 1.807) is 18.5 Å². The number of aromatic nitrogens is 3. The lowest BCUT2D eigenvalue weighted by atomic mass is 10.2. The van der Waals surface area contributed by atoms with Crippen LogP contribution in [0.25, 0.3) is 0 Å². The third-order valence-corrected chi connectivity index (χ3v) is 3.84. The van der Waals surface area contributed by atoms with Crippen molar-refractivity contribution in [1.82, 2.24) is 14.8 Å². The minimum Gasteiger partial charge on any atom is -0.323 e. The third kappa shape index (κ3) is 3.58. The lowest BCUT2D eigenvalue weighted by molar-refractivity contribution is -0.384. The number of non-ortho nitro benzene ring substituents is 1. The van der Waals surface area contributed by atoms with Gasteiger partial charge in [-0.25, -0.2) is 4.39 Å². The first-order valence-electron chi connectivity index (χ1n) is 6.11. The summed E-state index contributed by atoms with van der Waals surface area (Å²) in [5.41, 5.74) is -0.526. The first-order valence-corrected chi connectivity index (χ1v) is 7.09. The van der Waals surface area contributed by atoms with Gasteiger partial charge in [-0.05, 0) is 13.0 Å². The Hall–Kier alpha value is -2.49. The van der Waals surface area contributed by atoms with Crippen LogP contribution in [-0.4, -0.2) is 31.3 Å². The Labute approximate surface area is 128 Å². The smallest absolute Gasteiger partial charge is 0.271 e. The standard InChI is InChI=1S/C12H12FN5O3S/c1-7-15-16-12(17(7)2)22-6-11(19)14-10-5-8(18(20)21)3-4-9(10)13/h3-5H,6H2,1-2H3,(H,14,19). The van der Waals surface area contributed by atoms with Crippen molar-refractivity contribution in [3.05, 3.63) is 40.0 Å². The van der Waals surface area contributed by atoms with E-state index in [1.165, 1.54) is 0 Å². The number of aryl methyl sites for hydroxylation is 1. The molecule has 22 heavy (non-hydrogen) atoms. The molecule has 0 spiro atoms. The molecule has 0 aliphatic carbocycles. The number of hydrogen-bond acceptors (Lipinski definition) is 6. The molecule has 0 unspecified atom stereocenters. The van der Waals surface area contributed by atoms with Crippen LogP contribution < -0.4 is 5.32 Å². The molecule has 116 valence electrons. The fraction of sp³-hybridized carbons (Fsp3) is 0.250. The number of nitrogens with zero attached hydrogens (tertiary/aromatic N) is 4. The number of amides is 1. The van der Waals surface area contributed by atoms with Crippen molar-refractivity contribution < 1.29 is 14.1 Å². The van der Waals surface area contributed by atoms with Crippen LogP contribution in [0.5, 0.6) is 0 Å². The Bertz CT molecular complexity index is 734. The zero-order valence-electron chi connectivity index (χ0n) is 11.7. The van der Waals surface area contributed by atoms with Crippen molar-refractivity contribution in [2.24, 2.45) is 7.05 Å². The number of carbonyl (C=O) groups is 1. The van der Waals surface area contributed by atoms with Gasteiger partial charge in [0.1, 0.15) is 11.6 Å². The lowest BCUT2D eigenvalue weighted by Gasteiger charge is -2.06. The van der Waals surface area contributed by atoms with Gasteiger partial charge in [0.05, 0.1) is 16.4 Å². The van der Waals surface area contributed by atoms with E-state index in [0.29, 0.717) is 11.0 Å². The normalized spacial score (nSPS) is 10.5. The highest BCUT2D eigenvalue weighted by molar-refractivity contribution is 7.99. The summed E-state index contributed by atoms with van der Waals surface area (Å²) >= 11 is 1.13. The molecule has 10 heteroatoms. The van der Waals surface area contributed by atoms with Crippen LogP contribution in [0.4, 0.5) is 15.8 Å². The van der Waals surface area contributed by atoms with Crippen LogP contribution >= 0.6 is 11.8 Å². The number of carbonyl (C=O) groups excluding carboxylic acids is 1. The van der Waals surface area contributed by atoms with E-state index in [9.17, 15) is 19.3 Å². The molecule has 1 aromatic carbocycles. The monoisotopic (exact) mass is 325 g/mol. The highest BCUT2D eigenvalue weighted by Crippen LogP contribution is 2.22. The molecular formula is C12H12FN5O3S. The van der Waals surface area contributed by atoms with Crippen molar-refractivity contribution in [3.8, 4) is 0 Å². The molecule has 1 amide bonds. The predicted molar refractivity (Wildman–Crippen MR) is 78.1 cm³/mol. The topological polar surface area (TPSA) is 103 Å². The average Bonchev–Trinajstić information content (AvgIpc) is 2.78. The summed E-state index contributed by atoms with van der Waals surface area (Å²) in [5.74, 6) is -0.551.